The van der Waals surface area contributed by atoms with Crippen LogP contribution in [0.25, 0.3) is 16.6 Å². The Balaban J connectivity index is 2.20. The molecule has 2 aromatic carbocycles. The normalized spacial score (nSPS) is 12.2. The zero-order valence-corrected chi connectivity index (χ0v) is 16.9. The van der Waals surface area contributed by atoms with E-state index in [4.69, 9.17) is 17.3 Å². The maximum Gasteiger partial charge on any atom is 0.319 e. The average Bonchev–Trinajstić information content (AvgIpc) is 2.62. The summed E-state index contributed by atoms with van der Waals surface area (Å²) in [6.07, 6.45) is 0. The Kier molecular flexibility index (Phi) is 5.86. The summed E-state index contributed by atoms with van der Waals surface area (Å²) in [6.45, 7) is 5.25. The Morgan fingerprint density at radius 2 is 1.97 bits per heavy atom. The van der Waals surface area contributed by atoms with Crippen LogP contribution in [0.2, 0.25) is 5.02 Å². The van der Waals surface area contributed by atoms with E-state index in [1.165, 1.54) is 16.7 Å². The van der Waals surface area contributed by atoms with Crippen LogP contribution in [0.15, 0.2) is 41.2 Å². The van der Waals surface area contributed by atoms with E-state index < -0.39 is 23.4 Å². The van der Waals surface area contributed by atoms with Crippen LogP contribution in [0.3, 0.4) is 0 Å². The van der Waals surface area contributed by atoms with Gasteiger partial charge in [0.2, 0.25) is 0 Å². The minimum Gasteiger partial charge on any atom is -0.336 e. The van der Waals surface area contributed by atoms with E-state index in [-0.39, 0.29) is 28.0 Å². The number of halogens is 2. The number of hydrogen-bond donors (Lipinski definition) is 3. The molecule has 0 aliphatic rings. The van der Waals surface area contributed by atoms with Crippen molar-refractivity contribution in [1.29, 1.82) is 0 Å². The number of anilines is 1. The standard InChI is InChI=1S/C20H21ClFN5O2/c1-10(2)24-20(29)26-16-9-12(7-8-14(16)22)27-18(11(3)23)25-15-6-4-5-13(21)17(15)19(27)28/h4-11H,23H2,1-3H3,(H2,24,26,29). The summed E-state index contributed by atoms with van der Waals surface area (Å²) in [4.78, 5) is 29.7. The number of hydrogen-bond acceptors (Lipinski definition) is 4. The van der Waals surface area contributed by atoms with Crippen LogP contribution in [-0.2, 0) is 0 Å². The van der Waals surface area contributed by atoms with Gasteiger partial charge in [-0.1, -0.05) is 17.7 Å². The second-order valence-corrected chi connectivity index (χ2v) is 7.36. The fraction of sp³-hybridized carbons (Fsp3) is 0.250. The maximum atomic E-state index is 14.3. The first-order valence-corrected chi connectivity index (χ1v) is 9.41. The molecular formula is C20H21ClFN5O2. The largest absolute Gasteiger partial charge is 0.336 e. The number of fused-ring (bicyclic) bond motifs is 1. The molecule has 3 rings (SSSR count). The van der Waals surface area contributed by atoms with Crippen molar-refractivity contribution in [2.24, 2.45) is 5.73 Å². The van der Waals surface area contributed by atoms with Gasteiger partial charge in [0.1, 0.15) is 11.6 Å². The number of urea groups is 1. The van der Waals surface area contributed by atoms with Gasteiger partial charge in [0.05, 0.1) is 33.3 Å². The van der Waals surface area contributed by atoms with Gasteiger partial charge in [0.15, 0.2) is 0 Å². The summed E-state index contributed by atoms with van der Waals surface area (Å²) < 4.78 is 15.6. The molecular weight excluding hydrogens is 397 g/mol. The van der Waals surface area contributed by atoms with Crippen LogP contribution in [-0.4, -0.2) is 21.6 Å². The summed E-state index contributed by atoms with van der Waals surface area (Å²) in [6, 6.07) is 7.62. The molecule has 0 saturated carbocycles. The van der Waals surface area contributed by atoms with Crippen LogP contribution in [0.5, 0.6) is 0 Å². The van der Waals surface area contributed by atoms with Gasteiger partial charge in [0, 0.05) is 6.04 Å². The lowest BCUT2D eigenvalue weighted by Gasteiger charge is -2.17. The van der Waals surface area contributed by atoms with Crippen molar-refractivity contribution in [2.45, 2.75) is 32.9 Å². The number of benzene rings is 2. The topological polar surface area (TPSA) is 102 Å². The number of carbonyl (C=O) groups is 1. The molecule has 0 fully saturated rings. The number of rotatable bonds is 4. The van der Waals surface area contributed by atoms with Crippen LogP contribution in [0.4, 0.5) is 14.9 Å². The number of amides is 2. The Bertz CT molecular complexity index is 1140. The molecule has 9 heteroatoms. The molecule has 0 saturated heterocycles. The predicted molar refractivity (Wildman–Crippen MR) is 112 cm³/mol. The van der Waals surface area contributed by atoms with Crippen molar-refractivity contribution in [3.05, 3.63) is 63.4 Å². The molecule has 0 aliphatic heterocycles. The minimum absolute atomic E-state index is 0.0811. The zero-order valence-electron chi connectivity index (χ0n) is 16.2. The molecule has 1 unspecified atom stereocenters. The van der Waals surface area contributed by atoms with Crippen LogP contribution >= 0.6 is 11.6 Å². The van der Waals surface area contributed by atoms with Crippen molar-refractivity contribution >= 4 is 34.2 Å². The fourth-order valence-corrected chi connectivity index (χ4v) is 3.18. The molecule has 2 amide bonds. The summed E-state index contributed by atoms with van der Waals surface area (Å²) in [5.74, 6) is -0.358. The third-order valence-corrected chi connectivity index (χ3v) is 4.47. The molecule has 1 aromatic heterocycles. The number of nitrogens with zero attached hydrogens (tertiary/aromatic N) is 2. The fourth-order valence-electron chi connectivity index (χ4n) is 2.93. The van der Waals surface area contributed by atoms with Crippen LogP contribution in [0.1, 0.15) is 32.6 Å². The van der Waals surface area contributed by atoms with E-state index in [0.29, 0.717) is 11.2 Å². The van der Waals surface area contributed by atoms with Crippen molar-refractivity contribution < 1.29 is 9.18 Å². The van der Waals surface area contributed by atoms with Crippen LogP contribution < -0.4 is 21.9 Å². The van der Waals surface area contributed by atoms with E-state index in [2.05, 4.69) is 15.6 Å². The molecule has 4 N–H and O–H groups in total. The highest BCUT2D eigenvalue weighted by molar-refractivity contribution is 6.35. The lowest BCUT2D eigenvalue weighted by atomic mass is 10.2. The Morgan fingerprint density at radius 3 is 2.62 bits per heavy atom. The van der Waals surface area contributed by atoms with Gasteiger partial charge in [0.25, 0.3) is 5.56 Å². The maximum absolute atomic E-state index is 14.3. The molecule has 29 heavy (non-hydrogen) atoms. The van der Waals surface area contributed by atoms with E-state index in [0.717, 1.165) is 6.07 Å². The number of nitrogens with one attached hydrogen (secondary N) is 2. The summed E-state index contributed by atoms with van der Waals surface area (Å²) >= 11 is 6.22. The molecule has 3 aromatic rings. The molecule has 0 bridgehead atoms. The molecule has 152 valence electrons. The Hall–Kier alpha value is -2.97. The highest BCUT2D eigenvalue weighted by Gasteiger charge is 2.18. The van der Waals surface area contributed by atoms with Gasteiger partial charge in [-0.3, -0.25) is 9.36 Å². The monoisotopic (exact) mass is 417 g/mol. The highest BCUT2D eigenvalue weighted by atomic mass is 35.5. The lowest BCUT2D eigenvalue weighted by Crippen LogP contribution is -2.34. The first kappa shape index (κ1) is 20.8. The first-order valence-electron chi connectivity index (χ1n) is 9.03. The minimum atomic E-state index is -0.644. The van der Waals surface area contributed by atoms with Gasteiger partial charge < -0.3 is 16.4 Å². The van der Waals surface area contributed by atoms with E-state index in [1.807, 2.05) is 0 Å². The van der Waals surface area contributed by atoms with Gasteiger partial charge in [-0.2, -0.15) is 0 Å². The smallest absolute Gasteiger partial charge is 0.319 e. The van der Waals surface area contributed by atoms with Crippen molar-refractivity contribution in [2.75, 3.05) is 5.32 Å². The second kappa shape index (κ2) is 8.18. The van der Waals surface area contributed by atoms with Gasteiger partial charge in [-0.15, -0.1) is 0 Å². The molecule has 0 aliphatic carbocycles. The summed E-state index contributed by atoms with van der Waals surface area (Å²) in [7, 11) is 0. The SMILES string of the molecule is CC(C)NC(=O)Nc1cc(-n2c(C(C)N)nc3cccc(Cl)c3c2=O)ccc1F. The number of nitrogens with two attached hydrogens (primary N) is 1. The van der Waals surface area contributed by atoms with Crippen molar-refractivity contribution in [3.8, 4) is 5.69 Å². The molecule has 0 spiro atoms. The average molecular weight is 418 g/mol. The van der Waals surface area contributed by atoms with Crippen LogP contribution in [0, 0.1) is 5.82 Å². The van der Waals surface area contributed by atoms with E-state index >= 15 is 0 Å². The third kappa shape index (κ3) is 4.23. The molecule has 1 heterocycles. The predicted octanol–water partition coefficient (Wildman–Crippen LogP) is 3.73. The lowest BCUT2D eigenvalue weighted by molar-refractivity contribution is 0.250. The highest BCUT2D eigenvalue weighted by Crippen LogP contribution is 2.24. The number of aromatic nitrogens is 2. The van der Waals surface area contributed by atoms with E-state index in [9.17, 15) is 14.0 Å². The van der Waals surface area contributed by atoms with Gasteiger partial charge in [-0.25, -0.2) is 14.2 Å². The van der Waals surface area contributed by atoms with Gasteiger partial charge in [-0.05, 0) is 51.1 Å². The van der Waals surface area contributed by atoms with Gasteiger partial charge >= 0.3 is 6.03 Å². The summed E-state index contributed by atoms with van der Waals surface area (Å²) in [5, 5.41) is 5.55. The summed E-state index contributed by atoms with van der Waals surface area (Å²) in [5.41, 5.74) is 6.25. The van der Waals surface area contributed by atoms with Crippen molar-refractivity contribution in [3.63, 3.8) is 0 Å². The quantitative estimate of drug-likeness (QED) is 0.601. The number of carbonyl (C=O) groups excluding carboxylic acids is 1. The Labute approximate surface area is 171 Å². The first-order chi connectivity index (χ1) is 13.7. The van der Waals surface area contributed by atoms with Crippen molar-refractivity contribution in [1.82, 2.24) is 14.9 Å². The third-order valence-electron chi connectivity index (χ3n) is 4.16. The zero-order chi connectivity index (χ0) is 21.3. The molecule has 7 nitrogen and oxygen atoms in total. The Morgan fingerprint density at radius 1 is 1.24 bits per heavy atom. The van der Waals surface area contributed by atoms with E-state index in [1.54, 1.807) is 39.0 Å². The second-order valence-electron chi connectivity index (χ2n) is 6.95. The molecule has 1 atom stereocenters. The molecule has 0 radical (unpaired) electrons.